The zero-order valence-corrected chi connectivity index (χ0v) is 26.3. The SMILES string of the molecule is CN(C)[C@@H]1C(=O)C(C(=O)NCN2CCN(/C(N)=N/C(=N)N)CC2)=C(O)[C@@]2(O)C(=O)C3=C(O)c4c(O)cccc4[C@@](C)(O)[C@H]3C[C@@H]12.Cl. The Bertz CT molecular complexity index is 1580. The molecule has 2 fully saturated rings. The van der Waals surface area contributed by atoms with Gasteiger partial charge in [-0.25, -0.2) is 0 Å². The van der Waals surface area contributed by atoms with Gasteiger partial charge in [-0.2, -0.15) is 4.99 Å². The van der Waals surface area contributed by atoms with E-state index in [1.165, 1.54) is 44.1 Å². The quantitative estimate of drug-likeness (QED) is 0.101. The van der Waals surface area contributed by atoms with Crippen molar-refractivity contribution in [2.45, 2.75) is 30.6 Å². The number of likely N-dealkylation sites (N-methyl/N-ethyl adjacent to an activating group) is 1. The molecule has 4 aliphatic rings. The zero-order valence-electron chi connectivity index (χ0n) is 25.5. The molecule has 3 aliphatic carbocycles. The summed E-state index contributed by atoms with van der Waals surface area (Å²) in [5.41, 5.74) is 5.27. The van der Waals surface area contributed by atoms with E-state index in [9.17, 15) is 39.9 Å². The van der Waals surface area contributed by atoms with Crippen LogP contribution in [0.1, 0.15) is 24.5 Å². The molecule has 16 nitrogen and oxygen atoms in total. The number of nitrogens with zero attached hydrogens (tertiary/aromatic N) is 4. The van der Waals surface area contributed by atoms with E-state index in [0.29, 0.717) is 26.2 Å². The zero-order chi connectivity index (χ0) is 33.2. The van der Waals surface area contributed by atoms with Crippen molar-refractivity contribution in [3.8, 4) is 5.75 Å². The predicted molar refractivity (Wildman–Crippen MR) is 168 cm³/mol. The first kappa shape index (κ1) is 34.6. The van der Waals surface area contributed by atoms with Crippen LogP contribution in [0.25, 0.3) is 5.76 Å². The number of benzene rings is 1. The molecule has 0 unspecified atom stereocenters. The van der Waals surface area contributed by atoms with E-state index in [4.69, 9.17) is 16.9 Å². The van der Waals surface area contributed by atoms with Gasteiger partial charge in [0.2, 0.25) is 11.7 Å². The first-order chi connectivity index (χ1) is 21.0. The van der Waals surface area contributed by atoms with E-state index in [2.05, 4.69) is 10.3 Å². The second kappa shape index (κ2) is 12.2. The highest BCUT2D eigenvalue weighted by Crippen LogP contribution is 2.57. The molecule has 1 aromatic carbocycles. The van der Waals surface area contributed by atoms with Crippen LogP contribution in [0.15, 0.2) is 40.1 Å². The molecule has 46 heavy (non-hydrogen) atoms. The van der Waals surface area contributed by atoms with Crippen molar-refractivity contribution in [3.63, 3.8) is 0 Å². The van der Waals surface area contributed by atoms with Gasteiger partial charge in [0.1, 0.15) is 22.8 Å². The summed E-state index contributed by atoms with van der Waals surface area (Å²) < 4.78 is 0. The van der Waals surface area contributed by atoms with Crippen molar-refractivity contribution < 1.29 is 39.9 Å². The van der Waals surface area contributed by atoms with E-state index in [-0.39, 0.29) is 42.6 Å². The number of fused-ring (bicyclic) bond motifs is 3. The summed E-state index contributed by atoms with van der Waals surface area (Å²) in [6, 6.07) is 2.99. The summed E-state index contributed by atoms with van der Waals surface area (Å²) in [4.78, 5) is 50.2. The lowest BCUT2D eigenvalue weighted by atomic mass is 9.54. The van der Waals surface area contributed by atoms with Gasteiger partial charge in [0.25, 0.3) is 5.91 Å². The molecule has 1 aromatic rings. The smallest absolute Gasteiger partial charge is 0.259 e. The number of phenolic OH excluding ortho intramolecular Hbond substituents is 1. The molecule has 5 atom stereocenters. The minimum Gasteiger partial charge on any atom is -0.508 e. The minimum absolute atomic E-state index is 0. The summed E-state index contributed by atoms with van der Waals surface area (Å²) in [5.74, 6) is -7.98. The number of Topliss-reactive ketones (excluding diaryl/α,β-unsaturated/α-hetero) is 2. The van der Waals surface area contributed by atoms with Gasteiger partial charge < -0.3 is 47.2 Å². The van der Waals surface area contributed by atoms with Crippen LogP contribution < -0.4 is 16.8 Å². The number of piperazine rings is 1. The number of aromatic hydroxyl groups is 1. The maximum atomic E-state index is 14.2. The summed E-state index contributed by atoms with van der Waals surface area (Å²) in [6.07, 6.45) is -0.225. The van der Waals surface area contributed by atoms with Crippen LogP contribution in [0.2, 0.25) is 0 Å². The molecule has 1 heterocycles. The Morgan fingerprint density at radius 2 is 1.76 bits per heavy atom. The number of aliphatic hydroxyl groups excluding tert-OH is 2. The van der Waals surface area contributed by atoms with Crippen LogP contribution in [0, 0.1) is 17.2 Å². The second-order valence-electron chi connectivity index (χ2n) is 12.2. The first-order valence-electron chi connectivity index (χ1n) is 14.4. The first-order valence-corrected chi connectivity index (χ1v) is 14.4. The Labute approximate surface area is 270 Å². The molecule has 0 radical (unpaired) electrons. The van der Waals surface area contributed by atoms with Crippen molar-refractivity contribution in [1.82, 2.24) is 20.0 Å². The van der Waals surface area contributed by atoms with Crippen molar-refractivity contribution in [2.24, 2.45) is 28.3 Å². The molecule has 0 aromatic heterocycles. The number of rotatable bonds is 4. The Hall–Kier alpha value is -4.22. The number of ketones is 2. The number of guanidine groups is 2. The van der Waals surface area contributed by atoms with Gasteiger partial charge >= 0.3 is 0 Å². The standard InChI is InChI=1S/C29H38N8O8.ClH/c1-28(44)13-5-4-6-16(38)17(13)21(39)18-14(28)11-15-20(35(2)3)22(40)19(24(42)29(15,45)23(18)41)25(43)33-12-36-7-9-37(10-8-36)27(32)34-26(30)31;/h4-6,14-15,20,38-39,42,44-45H,7-12H2,1-3H3,(H,33,43)(H5,30,31,32,34);1H/t14-,15-,20-,28+,29-;/m0./s1. The minimum atomic E-state index is -2.80. The Kier molecular flexibility index (Phi) is 9.18. The van der Waals surface area contributed by atoms with Crippen molar-refractivity contribution >= 4 is 47.6 Å². The Morgan fingerprint density at radius 1 is 1.13 bits per heavy atom. The number of hydrogen-bond donors (Lipinski definition) is 9. The van der Waals surface area contributed by atoms with Crippen LogP contribution in [-0.2, 0) is 20.0 Å². The number of nitrogens with one attached hydrogen (secondary N) is 2. The normalized spacial score (nSPS) is 30.0. The van der Waals surface area contributed by atoms with Crippen LogP contribution in [0.4, 0.5) is 0 Å². The van der Waals surface area contributed by atoms with Crippen molar-refractivity contribution in [2.75, 3.05) is 46.9 Å². The number of hydrogen-bond acceptors (Lipinski definition) is 11. The number of halogens is 1. The van der Waals surface area contributed by atoms with Crippen LogP contribution >= 0.6 is 12.4 Å². The van der Waals surface area contributed by atoms with Gasteiger partial charge in [0, 0.05) is 43.6 Å². The van der Waals surface area contributed by atoms with E-state index < -0.39 is 80.9 Å². The molecule has 5 rings (SSSR count). The average molecular weight is 663 g/mol. The van der Waals surface area contributed by atoms with E-state index in [0.717, 1.165) is 0 Å². The highest BCUT2D eigenvalue weighted by atomic mass is 35.5. The van der Waals surface area contributed by atoms with Gasteiger partial charge in [-0.15, -0.1) is 12.4 Å². The van der Waals surface area contributed by atoms with Crippen LogP contribution in [0.3, 0.4) is 0 Å². The molecule has 250 valence electrons. The third-order valence-electron chi connectivity index (χ3n) is 9.40. The number of aliphatic imine (C=N–C) groups is 1. The van der Waals surface area contributed by atoms with Crippen molar-refractivity contribution in [1.29, 1.82) is 5.41 Å². The lowest BCUT2D eigenvalue weighted by Gasteiger charge is -2.53. The fraction of sp³-hybridized carbons (Fsp3) is 0.483. The number of phenols is 1. The highest BCUT2D eigenvalue weighted by molar-refractivity contribution is 6.25. The molecular formula is C29H39ClN8O8. The van der Waals surface area contributed by atoms with Crippen LogP contribution in [-0.4, -0.2) is 128 Å². The van der Waals surface area contributed by atoms with Gasteiger partial charge in [-0.05, 0) is 39.1 Å². The Morgan fingerprint density at radius 3 is 2.35 bits per heavy atom. The molecule has 1 amide bonds. The average Bonchev–Trinajstić information content (AvgIpc) is 2.96. The fourth-order valence-electron chi connectivity index (χ4n) is 7.08. The third-order valence-corrected chi connectivity index (χ3v) is 9.40. The van der Waals surface area contributed by atoms with Crippen molar-refractivity contribution in [3.05, 3.63) is 46.2 Å². The van der Waals surface area contributed by atoms with Gasteiger partial charge in [-0.1, -0.05) is 12.1 Å². The second-order valence-corrected chi connectivity index (χ2v) is 12.2. The van der Waals surface area contributed by atoms with E-state index in [1.807, 2.05) is 4.90 Å². The fourth-order valence-corrected chi connectivity index (χ4v) is 7.08. The number of carbonyl (C=O) groups excluding carboxylic acids is 3. The van der Waals surface area contributed by atoms with Gasteiger partial charge in [-0.3, -0.25) is 29.6 Å². The maximum Gasteiger partial charge on any atom is 0.259 e. The summed E-state index contributed by atoms with van der Waals surface area (Å²) >= 11 is 0. The molecule has 0 spiro atoms. The number of amides is 1. The topological polar surface area (TPSA) is 262 Å². The molecule has 1 aliphatic heterocycles. The number of carbonyl (C=O) groups is 3. The lowest BCUT2D eigenvalue weighted by molar-refractivity contribution is -0.159. The number of nitrogens with two attached hydrogens (primary N) is 2. The summed E-state index contributed by atoms with van der Waals surface area (Å²) in [6.45, 7) is 3.02. The molecule has 1 saturated heterocycles. The molecule has 0 bridgehead atoms. The third kappa shape index (κ3) is 5.25. The molecule has 11 N–H and O–H groups in total. The monoisotopic (exact) mass is 662 g/mol. The molecule has 17 heteroatoms. The van der Waals surface area contributed by atoms with Gasteiger partial charge in [0.15, 0.2) is 17.3 Å². The number of aliphatic hydroxyl groups is 4. The maximum absolute atomic E-state index is 14.2. The molecule has 1 saturated carbocycles. The summed E-state index contributed by atoms with van der Waals surface area (Å²) in [5, 5.41) is 66.7. The van der Waals surface area contributed by atoms with E-state index >= 15 is 0 Å². The largest absolute Gasteiger partial charge is 0.508 e. The molecular weight excluding hydrogens is 624 g/mol. The lowest BCUT2D eigenvalue weighted by Crippen LogP contribution is -2.67. The van der Waals surface area contributed by atoms with Crippen LogP contribution in [0.5, 0.6) is 5.75 Å². The van der Waals surface area contributed by atoms with Gasteiger partial charge in [0.05, 0.1) is 23.9 Å². The highest BCUT2D eigenvalue weighted by Gasteiger charge is 2.66. The van der Waals surface area contributed by atoms with E-state index in [1.54, 1.807) is 4.90 Å². The summed E-state index contributed by atoms with van der Waals surface area (Å²) in [7, 11) is 3.06. The predicted octanol–water partition coefficient (Wildman–Crippen LogP) is -1.54. The Balaban J connectivity index is 0.00000480.